The van der Waals surface area contributed by atoms with Crippen LogP contribution in [0.3, 0.4) is 0 Å². The molecule has 0 saturated heterocycles. The van der Waals surface area contributed by atoms with Gasteiger partial charge in [0, 0.05) is 17.8 Å². The summed E-state index contributed by atoms with van der Waals surface area (Å²) in [6, 6.07) is 7.86. The van der Waals surface area contributed by atoms with E-state index in [4.69, 9.17) is 4.74 Å². The van der Waals surface area contributed by atoms with E-state index in [2.05, 4.69) is 10.3 Å². The second-order valence-corrected chi connectivity index (χ2v) is 5.12. The van der Waals surface area contributed by atoms with E-state index in [0.29, 0.717) is 18.8 Å². The zero-order chi connectivity index (χ0) is 15.4. The molecular formula is C16H20N2O3. The van der Waals surface area contributed by atoms with Crippen LogP contribution in [-0.2, 0) is 14.3 Å². The summed E-state index contributed by atoms with van der Waals surface area (Å²) >= 11 is 0. The van der Waals surface area contributed by atoms with E-state index in [1.54, 1.807) is 6.92 Å². The number of carbonyl (C=O) groups is 2. The number of aromatic nitrogens is 1. The molecule has 0 fully saturated rings. The first-order valence-electron chi connectivity index (χ1n) is 7.05. The topological polar surface area (TPSA) is 71.2 Å². The van der Waals surface area contributed by atoms with E-state index in [-0.39, 0.29) is 17.8 Å². The third-order valence-electron chi connectivity index (χ3n) is 3.30. The van der Waals surface area contributed by atoms with Crippen molar-refractivity contribution in [3.8, 4) is 0 Å². The third kappa shape index (κ3) is 3.84. The van der Waals surface area contributed by atoms with Crippen molar-refractivity contribution in [3.63, 3.8) is 0 Å². The van der Waals surface area contributed by atoms with E-state index < -0.39 is 0 Å². The highest BCUT2D eigenvalue weighted by molar-refractivity contribution is 5.92. The molecule has 0 saturated carbocycles. The molecule has 1 unspecified atom stereocenters. The molecule has 0 bridgehead atoms. The first kappa shape index (κ1) is 15.1. The van der Waals surface area contributed by atoms with Crippen molar-refractivity contribution in [3.05, 3.63) is 29.8 Å². The van der Waals surface area contributed by atoms with E-state index in [1.807, 2.05) is 31.2 Å². The van der Waals surface area contributed by atoms with E-state index in [0.717, 1.165) is 16.5 Å². The lowest BCUT2D eigenvalue weighted by atomic mass is 9.97. The zero-order valence-corrected chi connectivity index (χ0v) is 12.5. The van der Waals surface area contributed by atoms with Crippen LogP contribution in [0.4, 0.5) is 5.82 Å². The Bertz CT molecular complexity index is 661. The van der Waals surface area contributed by atoms with Gasteiger partial charge < -0.3 is 15.0 Å². The molecule has 1 heterocycles. The van der Waals surface area contributed by atoms with E-state index in [9.17, 15) is 9.59 Å². The van der Waals surface area contributed by atoms with Crippen molar-refractivity contribution in [1.29, 1.82) is 0 Å². The molecule has 5 nitrogen and oxygen atoms in total. The maximum absolute atomic E-state index is 11.5. The second kappa shape index (κ2) is 6.43. The summed E-state index contributed by atoms with van der Waals surface area (Å²) < 4.78 is 4.98. The van der Waals surface area contributed by atoms with Crippen molar-refractivity contribution in [2.24, 2.45) is 0 Å². The number of fused-ring (bicyclic) bond motifs is 1. The lowest BCUT2D eigenvalue weighted by Crippen LogP contribution is -2.08. The number of carbonyl (C=O) groups excluding carboxylic acids is 2. The number of nitrogens with one attached hydrogen (secondary N) is 2. The van der Waals surface area contributed by atoms with Gasteiger partial charge in [-0.15, -0.1) is 0 Å². The van der Waals surface area contributed by atoms with Gasteiger partial charge in [-0.05, 0) is 36.6 Å². The molecule has 1 aromatic carbocycles. The minimum Gasteiger partial charge on any atom is -0.466 e. The monoisotopic (exact) mass is 288 g/mol. The molecule has 21 heavy (non-hydrogen) atoms. The minimum absolute atomic E-state index is 0.0903. The van der Waals surface area contributed by atoms with Gasteiger partial charge in [0.1, 0.15) is 5.82 Å². The van der Waals surface area contributed by atoms with Crippen LogP contribution in [0.25, 0.3) is 10.9 Å². The molecule has 0 aliphatic rings. The highest BCUT2D eigenvalue weighted by Gasteiger charge is 2.13. The number of esters is 1. The van der Waals surface area contributed by atoms with Gasteiger partial charge in [0.05, 0.1) is 13.0 Å². The van der Waals surface area contributed by atoms with Crippen molar-refractivity contribution >= 4 is 28.6 Å². The molecule has 2 N–H and O–H groups in total. The second-order valence-electron chi connectivity index (χ2n) is 5.12. The fraction of sp³-hybridized carbons (Fsp3) is 0.375. The van der Waals surface area contributed by atoms with Crippen LogP contribution in [0.2, 0.25) is 0 Å². The van der Waals surface area contributed by atoms with Gasteiger partial charge in [-0.1, -0.05) is 13.0 Å². The molecule has 2 aromatic rings. The summed E-state index contributed by atoms with van der Waals surface area (Å²) in [7, 11) is 0. The van der Waals surface area contributed by atoms with Crippen molar-refractivity contribution in [2.45, 2.75) is 33.1 Å². The summed E-state index contributed by atoms with van der Waals surface area (Å²) in [5.41, 5.74) is 2.02. The van der Waals surface area contributed by atoms with Gasteiger partial charge in [0.2, 0.25) is 5.91 Å². The number of aromatic amines is 1. The minimum atomic E-state index is -0.182. The molecule has 0 spiro atoms. The molecule has 112 valence electrons. The van der Waals surface area contributed by atoms with Crippen LogP contribution in [0.5, 0.6) is 0 Å². The Kier molecular flexibility index (Phi) is 4.62. The Morgan fingerprint density at radius 3 is 2.76 bits per heavy atom. The quantitative estimate of drug-likeness (QED) is 0.830. The first-order valence-corrected chi connectivity index (χ1v) is 7.05. The Morgan fingerprint density at radius 1 is 1.33 bits per heavy atom. The molecule has 1 amide bonds. The lowest BCUT2D eigenvalue weighted by Gasteiger charge is -2.11. The number of ether oxygens (including phenoxy) is 1. The number of anilines is 1. The number of hydrogen-bond acceptors (Lipinski definition) is 3. The fourth-order valence-corrected chi connectivity index (χ4v) is 2.30. The number of H-pyrrole nitrogens is 1. The number of hydrogen-bond donors (Lipinski definition) is 2. The van der Waals surface area contributed by atoms with Gasteiger partial charge in [0.15, 0.2) is 0 Å². The summed E-state index contributed by atoms with van der Waals surface area (Å²) in [5, 5.41) is 3.73. The molecule has 1 atom stereocenters. The summed E-state index contributed by atoms with van der Waals surface area (Å²) in [6.45, 7) is 5.68. The van der Waals surface area contributed by atoms with Gasteiger partial charge in [-0.2, -0.15) is 0 Å². The summed E-state index contributed by atoms with van der Waals surface area (Å²) in [5.74, 6) is 0.468. The third-order valence-corrected chi connectivity index (χ3v) is 3.30. The highest BCUT2D eigenvalue weighted by Crippen LogP contribution is 2.26. The zero-order valence-electron chi connectivity index (χ0n) is 12.5. The van der Waals surface area contributed by atoms with Gasteiger partial charge in [-0.25, -0.2) is 0 Å². The normalized spacial score (nSPS) is 12.1. The van der Waals surface area contributed by atoms with Crippen molar-refractivity contribution in [1.82, 2.24) is 4.98 Å². The molecule has 0 radical (unpaired) electrons. The molecule has 2 rings (SSSR count). The van der Waals surface area contributed by atoms with E-state index in [1.165, 1.54) is 6.92 Å². The average Bonchev–Trinajstić information content (AvgIpc) is 2.78. The molecule has 1 aromatic heterocycles. The van der Waals surface area contributed by atoms with Gasteiger partial charge in [-0.3, -0.25) is 9.59 Å². The van der Waals surface area contributed by atoms with Crippen LogP contribution >= 0.6 is 0 Å². The molecule has 0 aliphatic carbocycles. The van der Waals surface area contributed by atoms with Crippen LogP contribution in [0.15, 0.2) is 24.3 Å². The van der Waals surface area contributed by atoms with Crippen LogP contribution in [-0.4, -0.2) is 23.5 Å². The largest absolute Gasteiger partial charge is 0.466 e. The number of benzene rings is 1. The SMILES string of the molecule is CCOC(=O)CC(C)c1ccc2[nH]c(NC(C)=O)cc2c1. The summed E-state index contributed by atoms with van der Waals surface area (Å²) in [4.78, 5) is 25.7. The maximum Gasteiger partial charge on any atom is 0.306 e. The van der Waals surface area contributed by atoms with Gasteiger partial charge in [0.25, 0.3) is 0 Å². The molecule has 5 heteroatoms. The van der Waals surface area contributed by atoms with Crippen LogP contribution in [0, 0.1) is 0 Å². The van der Waals surface area contributed by atoms with Crippen LogP contribution < -0.4 is 5.32 Å². The maximum atomic E-state index is 11.5. The van der Waals surface area contributed by atoms with Crippen LogP contribution in [0.1, 0.15) is 38.7 Å². The lowest BCUT2D eigenvalue weighted by molar-refractivity contribution is -0.143. The predicted molar refractivity (Wildman–Crippen MR) is 82.3 cm³/mol. The number of rotatable bonds is 5. The summed E-state index contributed by atoms with van der Waals surface area (Å²) in [6.07, 6.45) is 0.363. The number of amides is 1. The first-order chi connectivity index (χ1) is 9.99. The Balaban J connectivity index is 2.17. The van der Waals surface area contributed by atoms with Gasteiger partial charge >= 0.3 is 5.97 Å². The molecule has 0 aliphatic heterocycles. The fourth-order valence-electron chi connectivity index (χ4n) is 2.30. The average molecular weight is 288 g/mol. The van der Waals surface area contributed by atoms with Crippen molar-refractivity contribution in [2.75, 3.05) is 11.9 Å². The highest BCUT2D eigenvalue weighted by atomic mass is 16.5. The predicted octanol–water partition coefficient (Wildman–Crippen LogP) is 3.18. The van der Waals surface area contributed by atoms with Crippen molar-refractivity contribution < 1.29 is 14.3 Å². The Morgan fingerprint density at radius 2 is 2.10 bits per heavy atom. The molecular weight excluding hydrogens is 268 g/mol. The Hall–Kier alpha value is -2.30. The standard InChI is InChI=1S/C16H20N2O3/c1-4-21-16(20)7-10(2)12-5-6-14-13(8-12)9-15(18-14)17-11(3)19/h5-6,8-10,18H,4,7H2,1-3H3,(H,17,19). The Labute approximate surface area is 123 Å². The smallest absolute Gasteiger partial charge is 0.306 e. The van der Waals surface area contributed by atoms with E-state index >= 15 is 0 Å².